The van der Waals surface area contributed by atoms with Gasteiger partial charge in [0.15, 0.2) is 0 Å². The largest absolute Gasteiger partial charge is 0.378 e. The average molecular weight is 307 g/mol. The van der Waals surface area contributed by atoms with Crippen molar-refractivity contribution in [1.82, 2.24) is 0 Å². The molecule has 0 fully saturated rings. The number of anilines is 2. The molecule has 0 saturated heterocycles. The van der Waals surface area contributed by atoms with Crippen LogP contribution in [0.3, 0.4) is 0 Å². The number of aryl methyl sites for hydroxylation is 2. The number of fused-ring (bicyclic) bond motifs is 1. The second-order valence-electron chi connectivity index (χ2n) is 5.56. The Balaban J connectivity index is 1.84. The predicted octanol–water partition coefficient (Wildman–Crippen LogP) is 4.88. The fraction of sp³-hybridized carbons (Fsp3) is 0.375. The normalized spacial score (nSPS) is 17.1. The summed E-state index contributed by atoms with van der Waals surface area (Å²) in [6.07, 6.45) is 2.29. The molecule has 1 atom stereocenters. The number of nitrogens with one attached hydrogen (secondary N) is 1. The van der Waals surface area contributed by atoms with Crippen molar-refractivity contribution in [3.63, 3.8) is 0 Å². The van der Waals surface area contributed by atoms with Crippen molar-refractivity contribution in [3.05, 3.63) is 44.6 Å². The Hall–Kier alpha value is -1.19. The summed E-state index contributed by atoms with van der Waals surface area (Å²) < 4.78 is 0.902. The Labute approximate surface area is 129 Å². The van der Waals surface area contributed by atoms with E-state index in [9.17, 15) is 0 Å². The number of benzene rings is 1. The lowest BCUT2D eigenvalue weighted by molar-refractivity contribution is 0.762. The van der Waals surface area contributed by atoms with E-state index in [-0.39, 0.29) is 0 Å². The van der Waals surface area contributed by atoms with Crippen LogP contribution in [0.2, 0.25) is 4.34 Å². The summed E-state index contributed by atoms with van der Waals surface area (Å²) in [5.41, 5.74) is 5.12. The zero-order valence-corrected chi connectivity index (χ0v) is 13.6. The summed E-state index contributed by atoms with van der Waals surface area (Å²) in [4.78, 5) is 3.59. The van der Waals surface area contributed by atoms with Gasteiger partial charge in [-0.1, -0.05) is 17.7 Å². The van der Waals surface area contributed by atoms with Gasteiger partial charge in [0.1, 0.15) is 0 Å². The molecule has 106 valence electrons. The second kappa shape index (κ2) is 5.30. The van der Waals surface area contributed by atoms with E-state index < -0.39 is 0 Å². The number of halogens is 1. The smallest absolute Gasteiger partial charge is 0.0934 e. The topological polar surface area (TPSA) is 15.3 Å². The molecule has 0 aliphatic heterocycles. The van der Waals surface area contributed by atoms with E-state index in [1.54, 1.807) is 11.3 Å². The molecule has 1 unspecified atom stereocenters. The minimum Gasteiger partial charge on any atom is -0.378 e. The fourth-order valence-corrected chi connectivity index (χ4v) is 4.22. The van der Waals surface area contributed by atoms with Gasteiger partial charge in [0.05, 0.1) is 10.4 Å². The van der Waals surface area contributed by atoms with Gasteiger partial charge in [-0.15, -0.1) is 11.3 Å². The van der Waals surface area contributed by atoms with E-state index in [2.05, 4.69) is 55.5 Å². The van der Waals surface area contributed by atoms with E-state index in [0.717, 1.165) is 17.2 Å². The molecule has 3 rings (SSSR count). The van der Waals surface area contributed by atoms with Gasteiger partial charge < -0.3 is 10.2 Å². The SMILES string of the molecule is Cc1ccc(NC2CCc3sc(Cl)cc32)cc1N(C)C. The van der Waals surface area contributed by atoms with E-state index in [1.807, 2.05) is 0 Å². The zero-order valence-electron chi connectivity index (χ0n) is 12.0. The molecule has 2 aromatic rings. The van der Waals surface area contributed by atoms with Gasteiger partial charge in [-0.2, -0.15) is 0 Å². The average Bonchev–Trinajstić information content (AvgIpc) is 2.92. The van der Waals surface area contributed by atoms with E-state index in [0.29, 0.717) is 6.04 Å². The molecule has 0 bridgehead atoms. The summed E-state index contributed by atoms with van der Waals surface area (Å²) in [5, 5.41) is 3.65. The summed E-state index contributed by atoms with van der Waals surface area (Å²) in [5.74, 6) is 0. The first-order chi connectivity index (χ1) is 9.54. The third-order valence-electron chi connectivity index (χ3n) is 3.88. The molecule has 2 nitrogen and oxygen atoms in total. The highest BCUT2D eigenvalue weighted by molar-refractivity contribution is 7.16. The number of hydrogen-bond donors (Lipinski definition) is 1. The van der Waals surface area contributed by atoms with Crippen molar-refractivity contribution in [2.75, 3.05) is 24.3 Å². The maximum absolute atomic E-state index is 6.12. The van der Waals surface area contributed by atoms with E-state index >= 15 is 0 Å². The monoisotopic (exact) mass is 306 g/mol. The minimum atomic E-state index is 0.395. The third-order valence-corrected chi connectivity index (χ3v) is 5.22. The molecule has 20 heavy (non-hydrogen) atoms. The summed E-state index contributed by atoms with van der Waals surface area (Å²) in [6, 6.07) is 9.07. The molecular weight excluding hydrogens is 288 g/mol. The minimum absolute atomic E-state index is 0.395. The molecule has 1 heterocycles. The maximum atomic E-state index is 6.12. The predicted molar refractivity (Wildman–Crippen MR) is 89.5 cm³/mol. The van der Waals surface area contributed by atoms with Crippen molar-refractivity contribution in [1.29, 1.82) is 0 Å². The lowest BCUT2D eigenvalue weighted by Gasteiger charge is -2.20. The van der Waals surface area contributed by atoms with Crippen LogP contribution < -0.4 is 10.2 Å². The van der Waals surface area contributed by atoms with Crippen LogP contribution in [0.25, 0.3) is 0 Å². The maximum Gasteiger partial charge on any atom is 0.0934 e. The molecule has 0 amide bonds. The summed E-state index contributed by atoms with van der Waals surface area (Å²) in [6.45, 7) is 2.14. The van der Waals surface area contributed by atoms with Crippen LogP contribution in [0.15, 0.2) is 24.3 Å². The van der Waals surface area contributed by atoms with Crippen LogP contribution in [-0.2, 0) is 6.42 Å². The Kier molecular flexibility index (Phi) is 3.65. The van der Waals surface area contributed by atoms with Crippen LogP contribution in [0.1, 0.15) is 28.5 Å². The lowest BCUT2D eigenvalue weighted by Crippen LogP contribution is -2.12. The van der Waals surface area contributed by atoms with Crippen molar-refractivity contribution < 1.29 is 0 Å². The first-order valence-electron chi connectivity index (χ1n) is 6.87. The number of rotatable bonds is 3. The Morgan fingerprint density at radius 3 is 2.85 bits per heavy atom. The van der Waals surface area contributed by atoms with Crippen molar-refractivity contribution in [2.45, 2.75) is 25.8 Å². The first kappa shape index (κ1) is 13.8. The molecule has 0 spiro atoms. The molecular formula is C16H19ClN2S. The van der Waals surface area contributed by atoms with Crippen molar-refractivity contribution in [3.8, 4) is 0 Å². The van der Waals surface area contributed by atoms with Gasteiger partial charge in [-0.25, -0.2) is 0 Å². The van der Waals surface area contributed by atoms with Crippen LogP contribution in [0.5, 0.6) is 0 Å². The Bertz CT molecular complexity index is 633. The highest BCUT2D eigenvalue weighted by atomic mass is 35.5. The summed E-state index contributed by atoms with van der Waals surface area (Å²) >= 11 is 7.84. The molecule has 1 aromatic heterocycles. The number of nitrogens with zero attached hydrogens (tertiary/aromatic N) is 1. The lowest BCUT2D eigenvalue weighted by atomic mass is 10.1. The van der Waals surface area contributed by atoms with Gasteiger partial charge in [-0.05, 0) is 49.1 Å². The molecule has 0 radical (unpaired) electrons. The number of hydrogen-bond acceptors (Lipinski definition) is 3. The quantitative estimate of drug-likeness (QED) is 0.870. The first-order valence-corrected chi connectivity index (χ1v) is 8.06. The van der Waals surface area contributed by atoms with Crippen LogP contribution >= 0.6 is 22.9 Å². The van der Waals surface area contributed by atoms with Crippen LogP contribution in [0.4, 0.5) is 11.4 Å². The third kappa shape index (κ3) is 2.52. The highest BCUT2D eigenvalue weighted by Crippen LogP contribution is 2.41. The van der Waals surface area contributed by atoms with Crippen molar-refractivity contribution in [2.24, 2.45) is 0 Å². The van der Waals surface area contributed by atoms with Gasteiger partial charge >= 0.3 is 0 Å². The van der Waals surface area contributed by atoms with Gasteiger partial charge in [0.2, 0.25) is 0 Å². The molecule has 1 aliphatic carbocycles. The highest BCUT2D eigenvalue weighted by Gasteiger charge is 2.25. The van der Waals surface area contributed by atoms with Gasteiger partial charge in [0.25, 0.3) is 0 Å². The Morgan fingerprint density at radius 2 is 2.10 bits per heavy atom. The standard InChI is InChI=1S/C16H19ClN2S/c1-10-4-5-11(8-14(10)19(2)3)18-13-6-7-15-12(13)9-16(17)20-15/h4-5,8-9,13,18H,6-7H2,1-3H3. The van der Waals surface area contributed by atoms with Crippen LogP contribution in [0, 0.1) is 6.92 Å². The molecule has 1 N–H and O–H groups in total. The Morgan fingerprint density at radius 1 is 1.30 bits per heavy atom. The number of thiophene rings is 1. The molecule has 0 saturated carbocycles. The molecule has 4 heteroatoms. The summed E-state index contributed by atoms with van der Waals surface area (Å²) in [7, 11) is 4.16. The van der Waals surface area contributed by atoms with E-state index in [4.69, 9.17) is 11.6 Å². The zero-order chi connectivity index (χ0) is 14.3. The second-order valence-corrected chi connectivity index (χ2v) is 7.33. The van der Waals surface area contributed by atoms with Crippen LogP contribution in [-0.4, -0.2) is 14.1 Å². The molecule has 1 aromatic carbocycles. The van der Waals surface area contributed by atoms with Gasteiger partial charge in [0, 0.05) is 30.3 Å². The van der Waals surface area contributed by atoms with E-state index in [1.165, 1.54) is 27.4 Å². The molecule has 1 aliphatic rings. The van der Waals surface area contributed by atoms with Crippen molar-refractivity contribution >= 4 is 34.3 Å². The fourth-order valence-electron chi connectivity index (χ4n) is 2.86. The van der Waals surface area contributed by atoms with Gasteiger partial charge in [-0.3, -0.25) is 0 Å².